The fraction of sp³-hybridized carbons (Fsp3) is 0.571. The molecule has 1 aromatic carbocycles. The molecule has 0 bridgehead atoms. The summed E-state index contributed by atoms with van der Waals surface area (Å²) in [7, 11) is 6.43. The SMILES string of the molecule is CN(C)CCN(C)Cc1ccc2c(c1)CNC2. The molecule has 94 valence electrons. The van der Waals surface area contributed by atoms with E-state index in [0.29, 0.717) is 0 Å². The second-order valence-corrected chi connectivity index (χ2v) is 5.25. The molecule has 1 heterocycles. The van der Waals surface area contributed by atoms with Crippen LogP contribution in [0.15, 0.2) is 18.2 Å². The standard InChI is InChI=1S/C14H23N3/c1-16(2)6-7-17(3)11-12-4-5-13-9-15-10-14(13)8-12/h4-5,8,15H,6-7,9-11H2,1-3H3. The van der Waals surface area contributed by atoms with Gasteiger partial charge in [-0.05, 0) is 37.8 Å². The summed E-state index contributed by atoms with van der Waals surface area (Å²) >= 11 is 0. The van der Waals surface area contributed by atoms with Crippen LogP contribution < -0.4 is 5.32 Å². The molecular formula is C14H23N3. The minimum atomic E-state index is 1.03. The van der Waals surface area contributed by atoms with Gasteiger partial charge < -0.3 is 15.1 Å². The highest BCUT2D eigenvalue weighted by Crippen LogP contribution is 2.17. The molecule has 17 heavy (non-hydrogen) atoms. The molecule has 3 nitrogen and oxygen atoms in total. The highest BCUT2D eigenvalue weighted by molar-refractivity contribution is 5.34. The van der Waals surface area contributed by atoms with Crippen LogP contribution in [-0.4, -0.2) is 44.0 Å². The summed E-state index contributed by atoms with van der Waals surface area (Å²) in [5, 5.41) is 3.39. The van der Waals surface area contributed by atoms with E-state index in [2.05, 4.69) is 54.5 Å². The van der Waals surface area contributed by atoms with E-state index in [-0.39, 0.29) is 0 Å². The maximum absolute atomic E-state index is 3.39. The fourth-order valence-electron chi connectivity index (χ4n) is 2.21. The summed E-state index contributed by atoms with van der Waals surface area (Å²) in [4.78, 5) is 4.60. The quantitative estimate of drug-likeness (QED) is 0.826. The van der Waals surface area contributed by atoms with Crippen LogP contribution in [0.1, 0.15) is 16.7 Å². The van der Waals surface area contributed by atoms with Gasteiger partial charge >= 0.3 is 0 Å². The number of fused-ring (bicyclic) bond motifs is 1. The highest BCUT2D eigenvalue weighted by atomic mass is 15.1. The molecular weight excluding hydrogens is 210 g/mol. The van der Waals surface area contributed by atoms with Crippen molar-refractivity contribution in [2.45, 2.75) is 19.6 Å². The zero-order chi connectivity index (χ0) is 12.3. The Morgan fingerprint density at radius 3 is 2.59 bits per heavy atom. The molecule has 0 unspecified atom stereocenters. The molecule has 1 N–H and O–H groups in total. The van der Waals surface area contributed by atoms with Gasteiger partial charge in [0.05, 0.1) is 0 Å². The van der Waals surface area contributed by atoms with Crippen molar-refractivity contribution < 1.29 is 0 Å². The minimum Gasteiger partial charge on any atom is -0.309 e. The molecule has 2 rings (SSSR count). The lowest BCUT2D eigenvalue weighted by molar-refractivity contribution is 0.276. The van der Waals surface area contributed by atoms with Gasteiger partial charge in [0.1, 0.15) is 0 Å². The van der Waals surface area contributed by atoms with E-state index >= 15 is 0 Å². The van der Waals surface area contributed by atoms with Crippen molar-refractivity contribution in [1.82, 2.24) is 15.1 Å². The molecule has 0 atom stereocenters. The van der Waals surface area contributed by atoms with Gasteiger partial charge in [-0.2, -0.15) is 0 Å². The van der Waals surface area contributed by atoms with Crippen LogP contribution in [0, 0.1) is 0 Å². The zero-order valence-electron chi connectivity index (χ0n) is 11.2. The van der Waals surface area contributed by atoms with Gasteiger partial charge in [-0.1, -0.05) is 18.2 Å². The topological polar surface area (TPSA) is 18.5 Å². The number of hydrogen-bond acceptors (Lipinski definition) is 3. The second-order valence-electron chi connectivity index (χ2n) is 5.25. The molecule has 0 aliphatic carbocycles. The number of nitrogens with zero attached hydrogens (tertiary/aromatic N) is 2. The van der Waals surface area contributed by atoms with Crippen molar-refractivity contribution in [3.63, 3.8) is 0 Å². The average molecular weight is 233 g/mol. The first kappa shape index (κ1) is 12.6. The summed E-state index contributed by atoms with van der Waals surface area (Å²) in [5.74, 6) is 0. The van der Waals surface area contributed by atoms with Gasteiger partial charge in [0.2, 0.25) is 0 Å². The van der Waals surface area contributed by atoms with Crippen LogP contribution in [-0.2, 0) is 19.6 Å². The van der Waals surface area contributed by atoms with Crippen LogP contribution in [0.4, 0.5) is 0 Å². The zero-order valence-corrected chi connectivity index (χ0v) is 11.2. The van der Waals surface area contributed by atoms with Crippen LogP contribution in [0.25, 0.3) is 0 Å². The summed E-state index contributed by atoms with van der Waals surface area (Å²) in [6.07, 6.45) is 0. The molecule has 1 aliphatic rings. The van der Waals surface area contributed by atoms with Crippen molar-refractivity contribution in [2.24, 2.45) is 0 Å². The number of hydrogen-bond donors (Lipinski definition) is 1. The number of likely N-dealkylation sites (N-methyl/N-ethyl adjacent to an activating group) is 2. The van der Waals surface area contributed by atoms with Gasteiger partial charge in [-0.15, -0.1) is 0 Å². The molecule has 0 fully saturated rings. The number of rotatable bonds is 5. The van der Waals surface area contributed by atoms with Crippen molar-refractivity contribution >= 4 is 0 Å². The molecule has 0 saturated heterocycles. The second kappa shape index (κ2) is 5.63. The van der Waals surface area contributed by atoms with Crippen molar-refractivity contribution in [1.29, 1.82) is 0 Å². The molecule has 0 radical (unpaired) electrons. The summed E-state index contributed by atoms with van der Waals surface area (Å²) in [6.45, 7) is 5.34. The van der Waals surface area contributed by atoms with E-state index in [0.717, 1.165) is 32.7 Å². The Morgan fingerprint density at radius 2 is 1.82 bits per heavy atom. The third-order valence-corrected chi connectivity index (χ3v) is 3.28. The smallest absolute Gasteiger partial charge is 0.0231 e. The third-order valence-electron chi connectivity index (χ3n) is 3.28. The van der Waals surface area contributed by atoms with Gasteiger partial charge in [0, 0.05) is 32.7 Å². The number of nitrogens with one attached hydrogen (secondary N) is 1. The van der Waals surface area contributed by atoms with E-state index in [9.17, 15) is 0 Å². The molecule has 0 saturated carbocycles. The maximum atomic E-state index is 3.39. The third kappa shape index (κ3) is 3.53. The Morgan fingerprint density at radius 1 is 1.06 bits per heavy atom. The summed E-state index contributed by atoms with van der Waals surface area (Å²) < 4.78 is 0. The van der Waals surface area contributed by atoms with E-state index < -0.39 is 0 Å². The first-order valence-electron chi connectivity index (χ1n) is 6.30. The Bertz CT molecular complexity index is 374. The van der Waals surface area contributed by atoms with Crippen molar-refractivity contribution in [2.75, 3.05) is 34.2 Å². The average Bonchev–Trinajstić information content (AvgIpc) is 2.73. The van der Waals surface area contributed by atoms with E-state index in [1.54, 1.807) is 0 Å². The molecule has 0 amide bonds. The largest absolute Gasteiger partial charge is 0.309 e. The fourth-order valence-corrected chi connectivity index (χ4v) is 2.21. The Hall–Kier alpha value is -0.900. The Balaban J connectivity index is 1.90. The van der Waals surface area contributed by atoms with Gasteiger partial charge in [0.25, 0.3) is 0 Å². The Labute approximate surface area is 104 Å². The van der Waals surface area contributed by atoms with Gasteiger partial charge in [0.15, 0.2) is 0 Å². The van der Waals surface area contributed by atoms with Crippen molar-refractivity contribution in [3.05, 3.63) is 34.9 Å². The minimum absolute atomic E-state index is 1.03. The monoisotopic (exact) mass is 233 g/mol. The lowest BCUT2D eigenvalue weighted by atomic mass is 10.1. The first-order chi connectivity index (χ1) is 8.15. The molecule has 0 spiro atoms. The molecule has 3 heteroatoms. The van der Waals surface area contributed by atoms with Crippen molar-refractivity contribution in [3.8, 4) is 0 Å². The number of benzene rings is 1. The van der Waals surface area contributed by atoms with Gasteiger partial charge in [-0.3, -0.25) is 0 Å². The lowest BCUT2D eigenvalue weighted by Gasteiger charge is -2.19. The maximum Gasteiger partial charge on any atom is 0.0231 e. The molecule has 1 aliphatic heterocycles. The predicted octanol–water partition coefficient (Wildman–Crippen LogP) is 1.28. The van der Waals surface area contributed by atoms with Crippen LogP contribution in [0.5, 0.6) is 0 Å². The molecule has 1 aromatic rings. The van der Waals surface area contributed by atoms with Crippen LogP contribution in [0.3, 0.4) is 0 Å². The lowest BCUT2D eigenvalue weighted by Crippen LogP contribution is -2.28. The van der Waals surface area contributed by atoms with E-state index in [4.69, 9.17) is 0 Å². The first-order valence-corrected chi connectivity index (χ1v) is 6.30. The Kier molecular flexibility index (Phi) is 4.15. The predicted molar refractivity (Wildman–Crippen MR) is 71.9 cm³/mol. The van der Waals surface area contributed by atoms with Crippen LogP contribution in [0.2, 0.25) is 0 Å². The van der Waals surface area contributed by atoms with Crippen LogP contribution >= 0.6 is 0 Å². The van der Waals surface area contributed by atoms with E-state index in [1.807, 2.05) is 0 Å². The summed E-state index contributed by atoms with van der Waals surface area (Å²) in [6, 6.07) is 6.88. The molecule has 0 aromatic heterocycles. The normalized spacial score (nSPS) is 14.6. The van der Waals surface area contributed by atoms with E-state index in [1.165, 1.54) is 16.7 Å². The van der Waals surface area contributed by atoms with Gasteiger partial charge in [-0.25, -0.2) is 0 Å². The summed E-state index contributed by atoms with van der Waals surface area (Å²) in [5.41, 5.74) is 4.36. The highest BCUT2D eigenvalue weighted by Gasteiger charge is 2.10.